The van der Waals surface area contributed by atoms with Gasteiger partial charge in [0.1, 0.15) is 0 Å². The lowest BCUT2D eigenvalue weighted by atomic mass is 9.97. The van der Waals surface area contributed by atoms with Crippen LogP contribution in [0.1, 0.15) is 23.1 Å². The first kappa shape index (κ1) is 17.2. The largest absolute Gasteiger partial charge is 0.416 e. The van der Waals surface area contributed by atoms with Crippen LogP contribution in [-0.4, -0.2) is 11.8 Å². The van der Waals surface area contributed by atoms with Crippen LogP contribution in [0.5, 0.6) is 0 Å². The number of carbonyl (C=O) groups is 2. The number of imide groups is 1. The van der Waals surface area contributed by atoms with Crippen LogP contribution in [0.15, 0.2) is 48.5 Å². The molecule has 1 saturated heterocycles. The number of benzene rings is 2. The van der Waals surface area contributed by atoms with Crippen molar-refractivity contribution in [1.29, 1.82) is 0 Å². The molecule has 25 heavy (non-hydrogen) atoms. The van der Waals surface area contributed by atoms with E-state index in [1.165, 1.54) is 0 Å². The molecule has 0 aliphatic carbocycles. The molecule has 0 bridgehead atoms. The SMILES string of the molecule is Cc1cccc(C[C@@H]2CC(=O)N(c3ccc(C(F)(F)F)cc3)C2=O)c1. The molecule has 3 rings (SSSR count). The maximum atomic E-state index is 12.6. The molecule has 0 aromatic heterocycles. The normalized spacial score (nSPS) is 18.1. The average Bonchev–Trinajstić information content (AvgIpc) is 2.81. The molecule has 0 N–H and O–H groups in total. The van der Waals surface area contributed by atoms with Gasteiger partial charge in [-0.2, -0.15) is 13.2 Å². The van der Waals surface area contributed by atoms with Crippen LogP contribution in [0.25, 0.3) is 0 Å². The maximum Gasteiger partial charge on any atom is 0.416 e. The molecule has 1 aliphatic rings. The fourth-order valence-electron chi connectivity index (χ4n) is 3.05. The Morgan fingerprint density at radius 2 is 1.76 bits per heavy atom. The summed E-state index contributed by atoms with van der Waals surface area (Å²) in [5.41, 5.74) is 1.38. The summed E-state index contributed by atoms with van der Waals surface area (Å²) in [7, 11) is 0. The van der Waals surface area contributed by atoms with Crippen LogP contribution in [0.2, 0.25) is 0 Å². The van der Waals surface area contributed by atoms with Crippen LogP contribution in [0.3, 0.4) is 0 Å². The smallest absolute Gasteiger partial charge is 0.274 e. The molecule has 2 amide bonds. The molecule has 0 unspecified atom stereocenters. The van der Waals surface area contributed by atoms with Gasteiger partial charge in [0.25, 0.3) is 0 Å². The van der Waals surface area contributed by atoms with Gasteiger partial charge < -0.3 is 0 Å². The van der Waals surface area contributed by atoms with Crippen molar-refractivity contribution in [1.82, 2.24) is 0 Å². The number of anilines is 1. The standard InChI is InChI=1S/C19H16F3NO2/c1-12-3-2-4-13(9-12)10-14-11-17(24)23(18(14)25)16-7-5-15(6-8-16)19(20,21)22/h2-9,14H,10-11H2,1H3/t14-/m1/s1. The number of amides is 2. The van der Waals surface area contributed by atoms with E-state index >= 15 is 0 Å². The molecule has 2 aromatic rings. The van der Waals surface area contributed by atoms with E-state index < -0.39 is 17.7 Å². The Hall–Kier alpha value is -2.63. The molecule has 0 saturated carbocycles. The fraction of sp³-hybridized carbons (Fsp3) is 0.263. The highest BCUT2D eigenvalue weighted by Gasteiger charge is 2.39. The highest BCUT2D eigenvalue weighted by atomic mass is 19.4. The van der Waals surface area contributed by atoms with Gasteiger partial charge in [-0.05, 0) is 43.2 Å². The van der Waals surface area contributed by atoms with Gasteiger partial charge in [-0.15, -0.1) is 0 Å². The van der Waals surface area contributed by atoms with Crippen LogP contribution in [-0.2, 0) is 22.2 Å². The summed E-state index contributed by atoms with van der Waals surface area (Å²) in [4.78, 5) is 25.8. The minimum absolute atomic E-state index is 0.0633. The zero-order valence-electron chi connectivity index (χ0n) is 13.5. The van der Waals surface area contributed by atoms with Gasteiger partial charge in [0.05, 0.1) is 17.2 Å². The van der Waals surface area contributed by atoms with Crippen molar-refractivity contribution >= 4 is 17.5 Å². The molecule has 1 atom stereocenters. The summed E-state index contributed by atoms with van der Waals surface area (Å²) in [6.45, 7) is 1.94. The summed E-state index contributed by atoms with van der Waals surface area (Å²) in [6, 6.07) is 11.8. The third-order valence-electron chi connectivity index (χ3n) is 4.26. The van der Waals surface area contributed by atoms with E-state index in [9.17, 15) is 22.8 Å². The first-order valence-corrected chi connectivity index (χ1v) is 7.85. The Bertz CT molecular complexity index is 812. The molecule has 0 spiro atoms. The van der Waals surface area contributed by atoms with Crippen molar-refractivity contribution < 1.29 is 22.8 Å². The van der Waals surface area contributed by atoms with Crippen molar-refractivity contribution in [3.05, 3.63) is 65.2 Å². The van der Waals surface area contributed by atoms with Crippen LogP contribution >= 0.6 is 0 Å². The number of aryl methyl sites for hydroxylation is 1. The first-order valence-electron chi connectivity index (χ1n) is 7.85. The van der Waals surface area contributed by atoms with Crippen molar-refractivity contribution in [3.63, 3.8) is 0 Å². The second-order valence-electron chi connectivity index (χ2n) is 6.21. The van der Waals surface area contributed by atoms with Gasteiger partial charge in [0.15, 0.2) is 0 Å². The lowest BCUT2D eigenvalue weighted by molar-refractivity contribution is -0.137. The predicted molar refractivity (Wildman–Crippen MR) is 86.9 cm³/mol. The molecule has 2 aromatic carbocycles. The van der Waals surface area contributed by atoms with Crippen molar-refractivity contribution in [2.75, 3.05) is 4.90 Å². The third kappa shape index (κ3) is 3.57. The average molecular weight is 347 g/mol. The van der Waals surface area contributed by atoms with E-state index in [0.717, 1.165) is 40.3 Å². The van der Waals surface area contributed by atoms with E-state index in [0.29, 0.717) is 6.42 Å². The van der Waals surface area contributed by atoms with Crippen molar-refractivity contribution in [2.45, 2.75) is 25.9 Å². The molecule has 6 heteroatoms. The van der Waals surface area contributed by atoms with E-state index in [1.54, 1.807) is 0 Å². The van der Waals surface area contributed by atoms with Crippen LogP contribution in [0.4, 0.5) is 18.9 Å². The molecule has 130 valence electrons. The zero-order chi connectivity index (χ0) is 18.2. The Kier molecular flexibility index (Phi) is 4.37. The highest BCUT2D eigenvalue weighted by molar-refractivity contribution is 6.21. The lowest BCUT2D eigenvalue weighted by Crippen LogP contribution is -2.30. The van der Waals surface area contributed by atoms with Gasteiger partial charge in [-0.25, -0.2) is 0 Å². The topological polar surface area (TPSA) is 37.4 Å². The summed E-state index contributed by atoms with van der Waals surface area (Å²) in [5.74, 6) is -1.25. The van der Waals surface area contributed by atoms with E-state index in [2.05, 4.69) is 0 Å². The molecule has 1 fully saturated rings. The molecule has 0 radical (unpaired) electrons. The monoisotopic (exact) mass is 347 g/mol. The molecule has 1 heterocycles. The number of rotatable bonds is 3. The molecular weight excluding hydrogens is 331 g/mol. The van der Waals surface area contributed by atoms with Gasteiger partial charge in [0, 0.05) is 6.42 Å². The molecule has 1 aliphatic heterocycles. The molecular formula is C19H16F3NO2. The van der Waals surface area contributed by atoms with E-state index in [4.69, 9.17) is 0 Å². The Morgan fingerprint density at radius 3 is 2.36 bits per heavy atom. The predicted octanol–water partition coefficient (Wildman–Crippen LogP) is 4.14. The quantitative estimate of drug-likeness (QED) is 0.783. The van der Waals surface area contributed by atoms with Crippen molar-refractivity contribution in [2.24, 2.45) is 5.92 Å². The number of hydrogen-bond acceptors (Lipinski definition) is 2. The minimum Gasteiger partial charge on any atom is -0.274 e. The third-order valence-corrected chi connectivity index (χ3v) is 4.26. The first-order chi connectivity index (χ1) is 11.8. The maximum absolute atomic E-state index is 12.6. The summed E-state index contributed by atoms with van der Waals surface area (Å²) >= 11 is 0. The lowest BCUT2D eigenvalue weighted by Gasteiger charge is -2.16. The van der Waals surface area contributed by atoms with Crippen LogP contribution in [0, 0.1) is 12.8 Å². The number of nitrogens with zero attached hydrogens (tertiary/aromatic N) is 1. The molecule has 3 nitrogen and oxygen atoms in total. The van der Waals surface area contributed by atoms with Gasteiger partial charge in [0.2, 0.25) is 11.8 Å². The number of alkyl halides is 3. The Balaban J connectivity index is 1.79. The number of halogens is 3. The number of hydrogen-bond donors (Lipinski definition) is 0. The minimum atomic E-state index is -4.45. The summed E-state index contributed by atoms with van der Waals surface area (Å²) in [6.07, 6.45) is -3.96. The van der Waals surface area contributed by atoms with E-state index in [1.807, 2.05) is 31.2 Å². The highest BCUT2D eigenvalue weighted by Crippen LogP contribution is 2.33. The van der Waals surface area contributed by atoms with Gasteiger partial charge in [-0.3, -0.25) is 14.5 Å². The second-order valence-corrected chi connectivity index (χ2v) is 6.21. The summed E-state index contributed by atoms with van der Waals surface area (Å²) in [5, 5.41) is 0. The number of carbonyl (C=O) groups excluding carboxylic acids is 2. The van der Waals surface area contributed by atoms with Gasteiger partial charge >= 0.3 is 6.18 Å². The van der Waals surface area contributed by atoms with E-state index in [-0.39, 0.29) is 23.9 Å². The second kappa shape index (κ2) is 6.35. The fourth-order valence-corrected chi connectivity index (χ4v) is 3.05. The van der Waals surface area contributed by atoms with Crippen LogP contribution < -0.4 is 4.90 Å². The zero-order valence-corrected chi connectivity index (χ0v) is 13.5. The summed E-state index contributed by atoms with van der Waals surface area (Å²) < 4.78 is 37.9. The Morgan fingerprint density at radius 1 is 1.08 bits per heavy atom. The van der Waals surface area contributed by atoms with Crippen molar-refractivity contribution in [3.8, 4) is 0 Å². The van der Waals surface area contributed by atoms with Gasteiger partial charge in [-0.1, -0.05) is 29.8 Å². The Labute approximate surface area is 143 Å².